The maximum Gasteiger partial charge on any atom is 0.342 e. The largest absolute Gasteiger partial charge is 0.342 e. The highest BCUT2D eigenvalue weighted by Crippen LogP contribution is 2.30. The van der Waals surface area contributed by atoms with Crippen LogP contribution in [0.5, 0.6) is 0 Å². The second kappa shape index (κ2) is 9.18. The number of carbonyl (C=O) groups excluding carboxylic acids is 2. The minimum atomic E-state index is -0.613. The average molecular weight is 375 g/mol. The average Bonchev–Trinajstić information content (AvgIpc) is 2.35. The van der Waals surface area contributed by atoms with Crippen LogP contribution >= 0.6 is 0 Å². The summed E-state index contributed by atoms with van der Waals surface area (Å²) in [5, 5.41) is 0. The first-order valence-corrected chi connectivity index (χ1v) is 9.18. The summed E-state index contributed by atoms with van der Waals surface area (Å²) in [4.78, 5) is 43.6. The van der Waals surface area contributed by atoms with E-state index in [0.29, 0.717) is 12.8 Å². The molecule has 0 saturated carbocycles. The highest BCUT2D eigenvalue weighted by atomic mass is 17.2. The summed E-state index contributed by atoms with van der Waals surface area (Å²) in [6.45, 7) is 19.9. The lowest BCUT2D eigenvalue weighted by atomic mass is 9.84. The highest BCUT2D eigenvalue weighted by molar-refractivity contribution is 5.77. The van der Waals surface area contributed by atoms with Gasteiger partial charge in [-0.15, -0.1) is 0 Å². The Morgan fingerprint density at radius 3 is 1.08 bits per heavy atom. The zero-order valence-corrected chi connectivity index (χ0v) is 18.3. The van der Waals surface area contributed by atoms with E-state index in [1.165, 1.54) is 0 Å². The first kappa shape index (κ1) is 24.9. The molecule has 0 atom stereocenters. The zero-order valence-electron chi connectivity index (χ0n) is 18.3. The quantitative estimate of drug-likeness (QED) is 0.411. The molecule has 154 valence electrons. The molecular formula is C20H38O6. The van der Waals surface area contributed by atoms with Crippen molar-refractivity contribution >= 4 is 11.9 Å². The summed E-state index contributed by atoms with van der Waals surface area (Å²) in [7, 11) is 0. The molecule has 0 saturated heterocycles. The summed E-state index contributed by atoms with van der Waals surface area (Å²) in [6, 6.07) is 0. The van der Waals surface area contributed by atoms with Crippen LogP contribution in [0.25, 0.3) is 0 Å². The third-order valence-electron chi connectivity index (χ3n) is 3.17. The molecule has 0 aromatic rings. The standard InChI is InChI=1S/C20H38O6/c1-17(2,3)13-19(7,8)25-23-15(21)11-12-16(22)24-26-20(9,10)14-18(4,5)6/h11-14H2,1-10H3. The Labute approximate surface area is 158 Å². The van der Waals surface area contributed by atoms with Crippen molar-refractivity contribution < 1.29 is 29.1 Å². The lowest BCUT2D eigenvalue weighted by molar-refractivity contribution is -0.333. The molecule has 26 heavy (non-hydrogen) atoms. The van der Waals surface area contributed by atoms with Crippen LogP contribution in [0.4, 0.5) is 0 Å². The Morgan fingerprint density at radius 1 is 0.577 bits per heavy atom. The molecule has 0 aromatic heterocycles. The Hall–Kier alpha value is -1.14. The van der Waals surface area contributed by atoms with Crippen LogP contribution in [-0.4, -0.2) is 23.1 Å². The van der Waals surface area contributed by atoms with Crippen LogP contribution in [-0.2, 0) is 29.1 Å². The van der Waals surface area contributed by atoms with Gasteiger partial charge in [-0.1, -0.05) is 41.5 Å². The van der Waals surface area contributed by atoms with Crippen molar-refractivity contribution in [3.63, 3.8) is 0 Å². The Balaban J connectivity index is 4.18. The van der Waals surface area contributed by atoms with Crippen LogP contribution in [0.2, 0.25) is 0 Å². The topological polar surface area (TPSA) is 71.1 Å². The Kier molecular flexibility index (Phi) is 8.77. The number of hydrogen-bond acceptors (Lipinski definition) is 6. The van der Waals surface area contributed by atoms with Crippen LogP contribution in [0, 0.1) is 10.8 Å². The fraction of sp³-hybridized carbons (Fsp3) is 0.900. The van der Waals surface area contributed by atoms with Crippen molar-refractivity contribution in [1.82, 2.24) is 0 Å². The number of hydrogen-bond donors (Lipinski definition) is 0. The van der Waals surface area contributed by atoms with Crippen LogP contribution in [0.1, 0.15) is 94.9 Å². The van der Waals surface area contributed by atoms with Gasteiger partial charge in [0.2, 0.25) is 0 Å². The van der Waals surface area contributed by atoms with Crippen LogP contribution in [0.15, 0.2) is 0 Å². The van der Waals surface area contributed by atoms with Gasteiger partial charge in [0.25, 0.3) is 0 Å². The van der Waals surface area contributed by atoms with Gasteiger partial charge in [-0.3, -0.25) is 9.78 Å². The Morgan fingerprint density at radius 2 is 0.846 bits per heavy atom. The van der Waals surface area contributed by atoms with Gasteiger partial charge in [0.15, 0.2) is 0 Å². The summed E-state index contributed by atoms with van der Waals surface area (Å²) in [5.74, 6) is -1.23. The van der Waals surface area contributed by atoms with Gasteiger partial charge in [-0.05, 0) is 51.4 Å². The molecule has 6 heteroatoms. The van der Waals surface area contributed by atoms with Gasteiger partial charge >= 0.3 is 11.9 Å². The van der Waals surface area contributed by atoms with Gasteiger partial charge in [0, 0.05) is 0 Å². The van der Waals surface area contributed by atoms with E-state index >= 15 is 0 Å². The maximum atomic E-state index is 11.8. The van der Waals surface area contributed by atoms with Gasteiger partial charge in [0.05, 0.1) is 12.8 Å². The molecule has 0 aliphatic rings. The summed E-state index contributed by atoms with van der Waals surface area (Å²) >= 11 is 0. The molecule has 0 rings (SSSR count). The van der Waals surface area contributed by atoms with Crippen molar-refractivity contribution in [1.29, 1.82) is 0 Å². The fourth-order valence-electron chi connectivity index (χ4n) is 3.22. The predicted molar refractivity (Wildman–Crippen MR) is 99.9 cm³/mol. The fourth-order valence-corrected chi connectivity index (χ4v) is 3.22. The SMILES string of the molecule is CC(C)(C)CC(C)(C)OOC(=O)CCC(=O)OOC(C)(C)CC(C)(C)C. The van der Waals surface area contributed by atoms with Crippen molar-refractivity contribution in [2.24, 2.45) is 10.8 Å². The van der Waals surface area contributed by atoms with Crippen molar-refractivity contribution in [3.05, 3.63) is 0 Å². The van der Waals surface area contributed by atoms with E-state index in [2.05, 4.69) is 41.5 Å². The van der Waals surface area contributed by atoms with Gasteiger partial charge < -0.3 is 0 Å². The second-order valence-electron chi connectivity index (χ2n) is 10.6. The summed E-state index contributed by atoms with van der Waals surface area (Å²) in [6.07, 6.45) is 1.17. The third-order valence-corrected chi connectivity index (χ3v) is 3.17. The van der Waals surface area contributed by atoms with Crippen molar-refractivity contribution in [2.45, 2.75) is 106 Å². The molecule has 0 fully saturated rings. The van der Waals surface area contributed by atoms with E-state index in [1.807, 2.05) is 27.7 Å². The van der Waals surface area contributed by atoms with E-state index in [-0.39, 0.29) is 23.7 Å². The molecule has 0 aliphatic heterocycles. The van der Waals surface area contributed by atoms with Crippen molar-refractivity contribution in [2.75, 3.05) is 0 Å². The molecule has 0 radical (unpaired) electrons. The van der Waals surface area contributed by atoms with E-state index in [4.69, 9.17) is 19.6 Å². The van der Waals surface area contributed by atoms with Gasteiger partial charge in [-0.2, -0.15) is 9.78 Å². The molecule has 0 bridgehead atoms. The van der Waals surface area contributed by atoms with Crippen molar-refractivity contribution in [3.8, 4) is 0 Å². The minimum Gasteiger partial charge on any atom is -0.298 e. The van der Waals surface area contributed by atoms with Crippen LogP contribution < -0.4 is 0 Å². The maximum absolute atomic E-state index is 11.8. The van der Waals surface area contributed by atoms with E-state index in [0.717, 1.165) is 0 Å². The predicted octanol–water partition coefficient (Wildman–Crippen LogP) is 5.15. The molecule has 0 aliphatic carbocycles. The third kappa shape index (κ3) is 14.1. The lowest BCUT2D eigenvalue weighted by Crippen LogP contribution is -2.32. The molecule has 0 aromatic carbocycles. The minimum absolute atomic E-state index is 0.0386. The summed E-state index contributed by atoms with van der Waals surface area (Å²) in [5.41, 5.74) is -1.13. The number of carbonyl (C=O) groups is 2. The monoisotopic (exact) mass is 374 g/mol. The smallest absolute Gasteiger partial charge is 0.298 e. The molecule has 0 spiro atoms. The zero-order chi connectivity index (χ0) is 20.8. The van der Waals surface area contributed by atoms with E-state index in [1.54, 1.807) is 0 Å². The molecule has 0 amide bonds. The van der Waals surface area contributed by atoms with Crippen LogP contribution in [0.3, 0.4) is 0 Å². The lowest BCUT2D eigenvalue weighted by Gasteiger charge is -2.30. The number of rotatable bonds is 9. The first-order valence-electron chi connectivity index (χ1n) is 9.18. The highest BCUT2D eigenvalue weighted by Gasteiger charge is 2.30. The van der Waals surface area contributed by atoms with Gasteiger partial charge in [-0.25, -0.2) is 9.59 Å². The van der Waals surface area contributed by atoms with E-state index < -0.39 is 23.1 Å². The van der Waals surface area contributed by atoms with Gasteiger partial charge in [0.1, 0.15) is 11.2 Å². The van der Waals surface area contributed by atoms with E-state index in [9.17, 15) is 9.59 Å². The Bertz CT molecular complexity index is 422. The molecule has 0 unspecified atom stereocenters. The normalized spacial score (nSPS) is 13.5. The molecular weight excluding hydrogens is 336 g/mol. The second-order valence-corrected chi connectivity index (χ2v) is 10.6. The molecule has 0 heterocycles. The molecule has 6 nitrogen and oxygen atoms in total. The first-order chi connectivity index (χ1) is 11.4. The molecule has 0 N–H and O–H groups in total. The summed E-state index contributed by atoms with van der Waals surface area (Å²) < 4.78 is 0.